The van der Waals surface area contributed by atoms with Crippen molar-refractivity contribution in [2.75, 3.05) is 11.0 Å². The second kappa shape index (κ2) is 5.02. The van der Waals surface area contributed by atoms with Crippen LogP contribution in [-0.4, -0.2) is 10.5 Å². The Bertz CT molecular complexity index is 554. The molecular weight excluding hydrogens is 250 g/mol. The third-order valence-electron chi connectivity index (χ3n) is 2.52. The molecule has 17 heavy (non-hydrogen) atoms. The van der Waals surface area contributed by atoms with Crippen LogP contribution < -0.4 is 4.72 Å². The van der Waals surface area contributed by atoms with Gasteiger partial charge in [-0.05, 0) is 36.1 Å². The van der Waals surface area contributed by atoms with Gasteiger partial charge in [0.05, 0.1) is 0 Å². The van der Waals surface area contributed by atoms with Crippen LogP contribution in [0.3, 0.4) is 0 Å². The van der Waals surface area contributed by atoms with Crippen molar-refractivity contribution in [1.82, 2.24) is 0 Å². The Kier molecular flexibility index (Phi) is 3.64. The van der Waals surface area contributed by atoms with Gasteiger partial charge in [-0.3, -0.25) is 0 Å². The van der Waals surface area contributed by atoms with Crippen LogP contribution in [0.4, 0.5) is 5.69 Å². The Labute approximate surface area is 107 Å². The maximum absolute atomic E-state index is 11.4. The molecule has 1 unspecified atom stereocenters. The zero-order chi connectivity index (χ0) is 12.3. The normalized spacial score (nSPS) is 18.3. The Hall–Kier alpha value is -1.13. The topological polar surface area (TPSA) is 29.1 Å². The molecule has 0 fully saturated rings. The molecule has 0 saturated carbocycles. The lowest BCUT2D eigenvalue weighted by molar-refractivity contribution is 0.688. The van der Waals surface area contributed by atoms with E-state index in [1.54, 1.807) is 0 Å². The summed E-state index contributed by atoms with van der Waals surface area (Å²) in [5.74, 6) is 0. The molecule has 0 spiro atoms. The summed E-state index contributed by atoms with van der Waals surface area (Å²) in [6.45, 7) is 0. The van der Waals surface area contributed by atoms with Crippen molar-refractivity contribution >= 4 is 31.1 Å². The lowest BCUT2D eigenvalue weighted by Crippen LogP contribution is -2.07. The van der Waals surface area contributed by atoms with Gasteiger partial charge in [-0.2, -0.15) is 0 Å². The lowest BCUT2D eigenvalue weighted by atomic mass is 10.00. The highest BCUT2D eigenvalue weighted by Crippen LogP contribution is 2.22. The van der Waals surface area contributed by atoms with E-state index in [-0.39, 0.29) is 0 Å². The number of allylic oxidation sites excluding steroid dienone is 4. The number of hydrogen-bond donors (Lipinski definition) is 1. The Balaban J connectivity index is 2.18. The minimum Gasteiger partial charge on any atom is -0.305 e. The molecule has 1 aliphatic carbocycles. The van der Waals surface area contributed by atoms with Gasteiger partial charge < -0.3 is 4.72 Å². The number of benzene rings is 1. The Morgan fingerprint density at radius 3 is 2.47 bits per heavy atom. The average molecular weight is 265 g/mol. The summed E-state index contributed by atoms with van der Waals surface area (Å²) in [6.07, 6.45) is 10.3. The van der Waals surface area contributed by atoms with E-state index in [1.807, 2.05) is 24.3 Å². The fourth-order valence-corrected chi connectivity index (χ4v) is 2.63. The van der Waals surface area contributed by atoms with Gasteiger partial charge in [0.1, 0.15) is 8.68 Å². The molecule has 0 amide bonds. The number of rotatable bonds is 3. The monoisotopic (exact) mass is 265 g/mol. The van der Waals surface area contributed by atoms with E-state index in [0.29, 0.717) is 0 Å². The van der Waals surface area contributed by atoms with Gasteiger partial charge in [0.2, 0.25) is 0 Å². The fourth-order valence-electron chi connectivity index (χ4n) is 1.77. The van der Waals surface area contributed by atoms with Crippen LogP contribution in [0.2, 0.25) is 0 Å². The molecule has 0 aliphatic heterocycles. The third-order valence-corrected chi connectivity index (χ3v) is 3.37. The van der Waals surface area contributed by atoms with Gasteiger partial charge in [-0.1, -0.05) is 30.4 Å². The molecular formula is C13H15NOS2. The SMILES string of the molecule is CS(=O)(=S)Nc1ccc(C2=CCCC=C2)cc1. The molecule has 0 heterocycles. The van der Waals surface area contributed by atoms with Gasteiger partial charge in [-0.25, -0.2) is 4.21 Å². The van der Waals surface area contributed by atoms with Gasteiger partial charge in [0.15, 0.2) is 0 Å². The van der Waals surface area contributed by atoms with E-state index >= 15 is 0 Å². The quantitative estimate of drug-likeness (QED) is 0.910. The summed E-state index contributed by atoms with van der Waals surface area (Å²) in [4.78, 5) is 0. The molecule has 1 N–H and O–H groups in total. The molecule has 2 rings (SSSR count). The first kappa shape index (κ1) is 12.3. The highest BCUT2D eigenvalue weighted by atomic mass is 32.8. The minimum atomic E-state index is -2.36. The van der Waals surface area contributed by atoms with Gasteiger partial charge in [0.25, 0.3) is 0 Å². The van der Waals surface area contributed by atoms with Crippen molar-refractivity contribution in [1.29, 1.82) is 0 Å². The number of hydrogen-bond acceptors (Lipinski definition) is 2. The highest BCUT2D eigenvalue weighted by molar-refractivity contribution is 8.33. The van der Waals surface area contributed by atoms with E-state index in [0.717, 1.165) is 18.5 Å². The van der Waals surface area contributed by atoms with Crippen LogP contribution in [-0.2, 0) is 19.9 Å². The molecule has 0 saturated heterocycles. The third kappa shape index (κ3) is 3.68. The number of anilines is 1. The minimum absolute atomic E-state index is 0.802. The zero-order valence-electron chi connectivity index (χ0n) is 9.68. The second-order valence-electron chi connectivity index (χ2n) is 4.09. The zero-order valence-corrected chi connectivity index (χ0v) is 11.3. The molecule has 1 aromatic rings. The van der Waals surface area contributed by atoms with E-state index < -0.39 is 8.68 Å². The molecule has 1 aromatic carbocycles. The van der Waals surface area contributed by atoms with Gasteiger partial charge in [0, 0.05) is 23.1 Å². The molecule has 0 bridgehead atoms. The van der Waals surface area contributed by atoms with Gasteiger partial charge >= 0.3 is 0 Å². The second-order valence-corrected chi connectivity index (χ2v) is 7.75. The van der Waals surface area contributed by atoms with E-state index in [4.69, 9.17) is 11.2 Å². The summed E-state index contributed by atoms with van der Waals surface area (Å²) in [5.41, 5.74) is 3.23. The molecule has 2 nitrogen and oxygen atoms in total. The first-order valence-electron chi connectivity index (χ1n) is 5.49. The lowest BCUT2D eigenvalue weighted by Gasteiger charge is -2.09. The smallest absolute Gasteiger partial charge is 0.108 e. The van der Waals surface area contributed by atoms with Crippen LogP contribution >= 0.6 is 0 Å². The maximum Gasteiger partial charge on any atom is 0.108 e. The maximum atomic E-state index is 11.4. The predicted molar refractivity (Wildman–Crippen MR) is 77.8 cm³/mol. The summed E-state index contributed by atoms with van der Waals surface area (Å²) in [6, 6.07) is 7.86. The highest BCUT2D eigenvalue weighted by Gasteiger charge is 2.02. The van der Waals surface area contributed by atoms with E-state index in [9.17, 15) is 4.21 Å². The summed E-state index contributed by atoms with van der Waals surface area (Å²) in [7, 11) is -2.36. The molecule has 1 aliphatic rings. The van der Waals surface area contributed by atoms with Crippen molar-refractivity contribution in [2.45, 2.75) is 12.8 Å². The first-order valence-corrected chi connectivity index (χ1v) is 8.39. The van der Waals surface area contributed by atoms with Gasteiger partial charge in [-0.15, -0.1) is 0 Å². The Morgan fingerprint density at radius 2 is 1.94 bits per heavy atom. The predicted octanol–water partition coefficient (Wildman–Crippen LogP) is 3.12. The van der Waals surface area contributed by atoms with Crippen molar-refractivity contribution in [3.63, 3.8) is 0 Å². The largest absolute Gasteiger partial charge is 0.305 e. The molecule has 1 atom stereocenters. The molecule has 0 radical (unpaired) electrons. The summed E-state index contributed by atoms with van der Waals surface area (Å²) in [5, 5.41) is 0. The van der Waals surface area contributed by atoms with Crippen molar-refractivity contribution in [3.05, 3.63) is 48.1 Å². The molecule has 90 valence electrons. The van der Waals surface area contributed by atoms with E-state index in [2.05, 4.69) is 23.0 Å². The summed E-state index contributed by atoms with van der Waals surface area (Å²) >= 11 is 4.82. The van der Waals surface area contributed by atoms with Crippen LogP contribution in [0, 0.1) is 0 Å². The molecule has 0 aromatic heterocycles. The van der Waals surface area contributed by atoms with Crippen molar-refractivity contribution < 1.29 is 4.21 Å². The van der Waals surface area contributed by atoms with E-state index in [1.165, 1.54) is 17.4 Å². The van der Waals surface area contributed by atoms with Crippen molar-refractivity contribution in [2.24, 2.45) is 0 Å². The van der Waals surface area contributed by atoms with Crippen LogP contribution in [0.5, 0.6) is 0 Å². The van der Waals surface area contributed by atoms with Crippen LogP contribution in [0.1, 0.15) is 18.4 Å². The average Bonchev–Trinajstić information content (AvgIpc) is 2.29. The van der Waals surface area contributed by atoms with Crippen molar-refractivity contribution in [3.8, 4) is 0 Å². The van der Waals surface area contributed by atoms with Crippen LogP contribution in [0.15, 0.2) is 42.5 Å². The fraction of sp³-hybridized carbons (Fsp3) is 0.231. The molecule has 4 heteroatoms. The standard InChI is InChI=1S/C13H15NOS2/c1-17(15,16)14-13-9-7-12(8-10-13)11-5-3-2-4-6-11/h3,5-10,14H,2,4H2,1H3. The number of nitrogens with one attached hydrogen (secondary N) is 1. The van der Waals surface area contributed by atoms with Crippen LogP contribution in [0.25, 0.3) is 5.57 Å². The first-order chi connectivity index (χ1) is 8.04. The summed E-state index contributed by atoms with van der Waals surface area (Å²) < 4.78 is 14.2. The Morgan fingerprint density at radius 1 is 1.24 bits per heavy atom.